The Kier molecular flexibility index (Phi) is 3.55. The van der Waals surface area contributed by atoms with Crippen molar-refractivity contribution in [3.05, 3.63) is 34.9 Å². The van der Waals surface area contributed by atoms with Crippen molar-refractivity contribution in [1.29, 1.82) is 5.41 Å². The van der Waals surface area contributed by atoms with Crippen LogP contribution in [0.2, 0.25) is 0 Å². The van der Waals surface area contributed by atoms with Gasteiger partial charge in [0.25, 0.3) is 5.91 Å². The Morgan fingerprint density at radius 2 is 2.07 bits per heavy atom. The Morgan fingerprint density at radius 1 is 1.26 bits per heavy atom. The van der Waals surface area contributed by atoms with E-state index in [4.69, 9.17) is 10.6 Å². The predicted octanol–water partition coefficient (Wildman–Crippen LogP) is 3.60. The van der Waals surface area contributed by atoms with Crippen LogP contribution in [0, 0.1) is 34.0 Å². The van der Waals surface area contributed by atoms with Gasteiger partial charge in [-0.2, -0.15) is 0 Å². The lowest BCUT2D eigenvalue weighted by Gasteiger charge is -2.45. The lowest BCUT2D eigenvalue weighted by molar-refractivity contribution is 0.0706. The maximum Gasteiger partial charge on any atom is 0.274 e. The molecule has 3 aliphatic carbocycles. The molecular formula is C22H29N3O2. The summed E-state index contributed by atoms with van der Waals surface area (Å²) in [6.45, 7) is 6.42. The van der Waals surface area contributed by atoms with Gasteiger partial charge < -0.3 is 4.90 Å². The van der Waals surface area contributed by atoms with E-state index < -0.39 is 5.91 Å². The molecule has 0 aromatic heterocycles. The third kappa shape index (κ3) is 2.33. The fourth-order valence-corrected chi connectivity index (χ4v) is 7.11. The van der Waals surface area contributed by atoms with Gasteiger partial charge in [-0.3, -0.25) is 15.4 Å². The summed E-state index contributed by atoms with van der Waals surface area (Å²) in [6, 6.07) is 5.63. The molecule has 5 rings (SSSR count). The predicted molar refractivity (Wildman–Crippen MR) is 103 cm³/mol. The second kappa shape index (κ2) is 5.57. The lowest BCUT2D eigenvalue weighted by Crippen LogP contribution is -2.47. The summed E-state index contributed by atoms with van der Waals surface area (Å²) in [5.74, 6) is 2.84. The molecule has 2 bridgehead atoms. The Morgan fingerprint density at radius 3 is 2.85 bits per heavy atom. The van der Waals surface area contributed by atoms with Crippen LogP contribution in [0.1, 0.15) is 61.0 Å². The van der Waals surface area contributed by atoms with Gasteiger partial charge in [0.05, 0.1) is 0 Å². The molecule has 1 aromatic carbocycles. The number of nitrogens with one attached hydrogen (secondary N) is 2. The Hall–Kier alpha value is -1.88. The summed E-state index contributed by atoms with van der Waals surface area (Å²) in [5, 5.41) is 18.0. The molecule has 1 aromatic rings. The molecule has 144 valence electrons. The van der Waals surface area contributed by atoms with Crippen LogP contribution in [0.15, 0.2) is 18.2 Å². The van der Waals surface area contributed by atoms with Gasteiger partial charge in [0.1, 0.15) is 5.84 Å². The van der Waals surface area contributed by atoms with Crippen LogP contribution in [0.25, 0.3) is 0 Å². The summed E-state index contributed by atoms with van der Waals surface area (Å²) >= 11 is 0. The SMILES string of the molecule is CC1CC2(C(=N)N3CCc4cc(C(=O)NO)ccc4C3)CC3C(C)C3(C1)C2. The monoisotopic (exact) mass is 367 g/mol. The van der Waals surface area contributed by atoms with Crippen LogP contribution in [0.3, 0.4) is 0 Å². The van der Waals surface area contributed by atoms with E-state index in [0.29, 0.717) is 11.0 Å². The van der Waals surface area contributed by atoms with Crippen LogP contribution in [0.4, 0.5) is 0 Å². The summed E-state index contributed by atoms with van der Waals surface area (Å²) < 4.78 is 0. The first-order chi connectivity index (χ1) is 12.9. The lowest BCUT2D eigenvalue weighted by atomic mass is 9.65. The summed E-state index contributed by atoms with van der Waals surface area (Å²) in [4.78, 5) is 13.9. The van der Waals surface area contributed by atoms with E-state index in [1.165, 1.54) is 31.2 Å². The van der Waals surface area contributed by atoms with E-state index >= 15 is 0 Å². The van der Waals surface area contributed by atoms with Crippen molar-refractivity contribution in [2.75, 3.05) is 6.54 Å². The van der Waals surface area contributed by atoms with E-state index in [0.717, 1.165) is 48.7 Å². The van der Waals surface area contributed by atoms with Gasteiger partial charge in [-0.05, 0) is 78.5 Å². The number of rotatable bonds is 2. The summed E-state index contributed by atoms with van der Waals surface area (Å²) in [5.41, 5.74) is 5.21. The minimum Gasteiger partial charge on any atom is -0.355 e. The number of carbonyl (C=O) groups is 1. The Labute approximate surface area is 160 Å². The van der Waals surface area contributed by atoms with Crippen LogP contribution in [0.5, 0.6) is 0 Å². The zero-order chi connectivity index (χ0) is 19.0. The molecule has 1 heterocycles. The molecule has 5 nitrogen and oxygen atoms in total. The maximum atomic E-state index is 11.6. The third-order valence-electron chi connectivity index (χ3n) is 8.29. The molecule has 3 N–H and O–H groups in total. The van der Waals surface area contributed by atoms with Crippen molar-refractivity contribution in [3.63, 3.8) is 0 Å². The molecular weight excluding hydrogens is 338 g/mol. The van der Waals surface area contributed by atoms with Crippen molar-refractivity contribution in [2.45, 2.75) is 52.5 Å². The van der Waals surface area contributed by atoms with E-state index in [9.17, 15) is 4.79 Å². The smallest absolute Gasteiger partial charge is 0.274 e. The molecule has 27 heavy (non-hydrogen) atoms. The van der Waals surface area contributed by atoms with Gasteiger partial charge in [0.2, 0.25) is 0 Å². The average Bonchev–Trinajstić information content (AvgIpc) is 3.05. The highest BCUT2D eigenvalue weighted by atomic mass is 16.5. The van der Waals surface area contributed by atoms with Gasteiger partial charge >= 0.3 is 0 Å². The first-order valence-electron chi connectivity index (χ1n) is 10.3. The van der Waals surface area contributed by atoms with Crippen molar-refractivity contribution >= 4 is 11.7 Å². The molecule has 5 unspecified atom stereocenters. The fourth-order valence-electron chi connectivity index (χ4n) is 7.11. The minimum atomic E-state index is -0.465. The second-order valence-corrected chi connectivity index (χ2v) is 9.75. The molecule has 3 fully saturated rings. The van der Waals surface area contributed by atoms with E-state index in [2.05, 4.69) is 18.7 Å². The number of hydroxylamine groups is 1. The van der Waals surface area contributed by atoms with Crippen LogP contribution < -0.4 is 5.48 Å². The minimum absolute atomic E-state index is 0.100. The van der Waals surface area contributed by atoms with Crippen LogP contribution >= 0.6 is 0 Å². The first-order valence-corrected chi connectivity index (χ1v) is 10.3. The number of amides is 1. The van der Waals surface area contributed by atoms with E-state index in [1.807, 2.05) is 12.1 Å². The fraction of sp³-hybridized carbons (Fsp3) is 0.636. The van der Waals surface area contributed by atoms with Gasteiger partial charge in [0, 0.05) is 24.1 Å². The third-order valence-corrected chi connectivity index (χ3v) is 8.29. The van der Waals surface area contributed by atoms with Crippen molar-refractivity contribution in [1.82, 2.24) is 10.4 Å². The Bertz CT molecular complexity index is 837. The number of hydrogen-bond acceptors (Lipinski definition) is 3. The normalized spacial score (nSPS) is 38.8. The molecule has 0 radical (unpaired) electrons. The van der Waals surface area contributed by atoms with Crippen molar-refractivity contribution in [2.24, 2.45) is 28.6 Å². The molecule has 5 heteroatoms. The molecule has 5 atom stereocenters. The largest absolute Gasteiger partial charge is 0.355 e. The standard InChI is InChI=1S/C22H29N3O2/c1-13-8-21(10-18-14(2)22(18,9-13)12-21)20(23)25-6-5-15-7-16(19(26)24-27)3-4-17(15)11-25/h3-4,7,13-14,18,23,27H,5-6,8-12H2,1-2H3,(H,24,26). The number of benzene rings is 1. The van der Waals surface area contributed by atoms with E-state index in [-0.39, 0.29) is 5.41 Å². The van der Waals surface area contributed by atoms with Crippen molar-refractivity contribution in [3.8, 4) is 0 Å². The first kappa shape index (κ1) is 17.2. The highest BCUT2D eigenvalue weighted by Crippen LogP contribution is 2.79. The van der Waals surface area contributed by atoms with E-state index in [1.54, 1.807) is 11.5 Å². The summed E-state index contributed by atoms with van der Waals surface area (Å²) in [6.07, 6.45) is 5.84. The highest BCUT2D eigenvalue weighted by molar-refractivity contribution is 5.93. The Balaban J connectivity index is 1.36. The number of nitrogens with zero attached hydrogens (tertiary/aromatic N) is 1. The molecule has 4 aliphatic rings. The quantitative estimate of drug-likeness (QED) is 0.323. The number of hydrogen-bond donors (Lipinski definition) is 3. The van der Waals surface area contributed by atoms with Gasteiger partial charge in [0.15, 0.2) is 0 Å². The topological polar surface area (TPSA) is 76.4 Å². The number of amidine groups is 1. The van der Waals surface area contributed by atoms with Gasteiger partial charge in [-0.1, -0.05) is 19.9 Å². The average molecular weight is 367 g/mol. The second-order valence-electron chi connectivity index (χ2n) is 9.75. The van der Waals surface area contributed by atoms with Gasteiger partial charge in [-0.15, -0.1) is 0 Å². The summed E-state index contributed by atoms with van der Waals surface area (Å²) in [7, 11) is 0. The maximum absolute atomic E-state index is 11.6. The van der Waals surface area contributed by atoms with Crippen molar-refractivity contribution < 1.29 is 10.0 Å². The number of fused-ring (bicyclic) bond motifs is 2. The van der Waals surface area contributed by atoms with Crippen LogP contribution in [-0.4, -0.2) is 28.4 Å². The van der Waals surface area contributed by atoms with Crippen LogP contribution in [-0.2, 0) is 13.0 Å². The molecule has 0 saturated heterocycles. The van der Waals surface area contributed by atoms with Gasteiger partial charge in [-0.25, -0.2) is 5.48 Å². The zero-order valence-electron chi connectivity index (χ0n) is 16.2. The highest BCUT2D eigenvalue weighted by Gasteiger charge is 2.73. The molecule has 1 aliphatic heterocycles. The molecule has 1 spiro atoms. The molecule has 1 amide bonds. The zero-order valence-corrected chi connectivity index (χ0v) is 16.2. The number of carbonyl (C=O) groups excluding carboxylic acids is 1. The molecule has 3 saturated carbocycles.